The molecule has 0 radical (unpaired) electrons. The van der Waals surface area contributed by atoms with Gasteiger partial charge in [-0.1, -0.05) is 24.3 Å². The van der Waals surface area contributed by atoms with Crippen LogP contribution >= 0.6 is 0 Å². The molecule has 8 nitrogen and oxygen atoms in total. The fraction of sp³-hybridized carbons (Fsp3) is 0.429. The first-order valence-corrected chi connectivity index (χ1v) is 9.68. The average molecular weight is 402 g/mol. The van der Waals surface area contributed by atoms with Crippen molar-refractivity contribution in [3.63, 3.8) is 0 Å². The first-order valence-electron chi connectivity index (χ1n) is 9.68. The van der Waals surface area contributed by atoms with E-state index in [4.69, 9.17) is 13.9 Å². The molecule has 2 amide bonds. The third-order valence-electron chi connectivity index (χ3n) is 5.26. The highest BCUT2D eigenvalue weighted by Crippen LogP contribution is 2.15. The molecule has 29 heavy (non-hydrogen) atoms. The Labute approximate surface area is 170 Å². The van der Waals surface area contributed by atoms with Crippen LogP contribution in [0.25, 0.3) is 0 Å². The standard InChI is InChI=1S/C21H27N3O5/c1-27-19(28-2)13-23-21(26)20(25)22-12-17(18-8-5-11-29-18)24-10-9-15-6-3-4-7-16(15)14-24/h3-8,11,17,19H,9-10,12-14H2,1-2H3,(H,22,25)(H,23,26)/p+1/t17-/m1/s1. The molecule has 1 aliphatic heterocycles. The number of methoxy groups -OCH3 is 2. The Morgan fingerprint density at radius 3 is 2.38 bits per heavy atom. The third kappa shape index (κ3) is 5.44. The van der Waals surface area contributed by atoms with Gasteiger partial charge in [0.15, 0.2) is 18.1 Å². The molecule has 0 spiro atoms. The van der Waals surface area contributed by atoms with Gasteiger partial charge in [-0.15, -0.1) is 0 Å². The lowest BCUT2D eigenvalue weighted by Crippen LogP contribution is -3.12. The van der Waals surface area contributed by atoms with E-state index in [1.165, 1.54) is 30.2 Å². The Morgan fingerprint density at radius 1 is 1.03 bits per heavy atom. The van der Waals surface area contributed by atoms with Crippen molar-refractivity contribution in [2.75, 3.05) is 33.9 Å². The van der Waals surface area contributed by atoms with E-state index in [1.807, 2.05) is 18.2 Å². The number of carbonyl (C=O) groups excluding carboxylic acids is 2. The van der Waals surface area contributed by atoms with Crippen molar-refractivity contribution >= 4 is 11.8 Å². The number of ether oxygens (including phenoxy) is 2. The summed E-state index contributed by atoms with van der Waals surface area (Å²) < 4.78 is 15.6. The molecule has 0 fully saturated rings. The number of furan rings is 1. The maximum Gasteiger partial charge on any atom is 0.309 e. The summed E-state index contributed by atoms with van der Waals surface area (Å²) in [6, 6.07) is 12.1. The highest BCUT2D eigenvalue weighted by molar-refractivity contribution is 6.35. The van der Waals surface area contributed by atoms with E-state index in [-0.39, 0.29) is 12.6 Å². The van der Waals surface area contributed by atoms with Crippen LogP contribution in [0.4, 0.5) is 0 Å². The highest BCUT2D eigenvalue weighted by Gasteiger charge is 2.31. The van der Waals surface area contributed by atoms with Crippen molar-refractivity contribution in [1.29, 1.82) is 0 Å². The number of benzene rings is 1. The van der Waals surface area contributed by atoms with Gasteiger partial charge >= 0.3 is 11.8 Å². The van der Waals surface area contributed by atoms with Crippen molar-refractivity contribution in [3.05, 3.63) is 59.5 Å². The minimum Gasteiger partial charge on any atom is -0.463 e. The van der Waals surface area contributed by atoms with Gasteiger partial charge < -0.3 is 29.4 Å². The van der Waals surface area contributed by atoms with Crippen molar-refractivity contribution in [2.24, 2.45) is 0 Å². The van der Waals surface area contributed by atoms with Crippen LogP contribution in [0.3, 0.4) is 0 Å². The summed E-state index contributed by atoms with van der Waals surface area (Å²) in [6.45, 7) is 2.16. The van der Waals surface area contributed by atoms with Crippen LogP contribution in [0.5, 0.6) is 0 Å². The van der Waals surface area contributed by atoms with Gasteiger partial charge in [0.1, 0.15) is 6.54 Å². The number of hydrogen-bond donors (Lipinski definition) is 3. The average Bonchev–Trinajstić information content (AvgIpc) is 3.28. The van der Waals surface area contributed by atoms with Gasteiger partial charge in [0.25, 0.3) is 0 Å². The maximum absolute atomic E-state index is 12.2. The molecule has 8 heteroatoms. The van der Waals surface area contributed by atoms with Crippen molar-refractivity contribution in [2.45, 2.75) is 25.3 Å². The summed E-state index contributed by atoms with van der Waals surface area (Å²) in [5.74, 6) is -0.621. The number of amides is 2. The molecule has 1 aromatic carbocycles. The van der Waals surface area contributed by atoms with Gasteiger partial charge in [0, 0.05) is 26.2 Å². The molecule has 2 heterocycles. The van der Waals surface area contributed by atoms with E-state index in [2.05, 4.69) is 28.8 Å². The van der Waals surface area contributed by atoms with Crippen LogP contribution in [0.1, 0.15) is 22.9 Å². The molecule has 0 bridgehead atoms. The molecule has 2 aromatic rings. The van der Waals surface area contributed by atoms with Gasteiger partial charge in [0.05, 0.1) is 25.9 Å². The van der Waals surface area contributed by atoms with E-state index in [1.54, 1.807) is 6.26 Å². The lowest BCUT2D eigenvalue weighted by molar-refractivity contribution is -0.946. The largest absolute Gasteiger partial charge is 0.463 e. The molecule has 0 aliphatic carbocycles. The number of quaternary nitrogens is 1. The Kier molecular flexibility index (Phi) is 7.40. The summed E-state index contributed by atoms with van der Waals surface area (Å²) in [5, 5.41) is 5.24. The number of rotatable bonds is 8. The maximum atomic E-state index is 12.2. The van der Waals surface area contributed by atoms with E-state index in [0.29, 0.717) is 6.54 Å². The molecule has 1 aromatic heterocycles. The zero-order chi connectivity index (χ0) is 20.6. The topological polar surface area (TPSA) is 94.2 Å². The minimum absolute atomic E-state index is 0.0826. The van der Waals surface area contributed by atoms with Gasteiger partial charge in [0.2, 0.25) is 0 Å². The fourth-order valence-corrected chi connectivity index (χ4v) is 3.63. The van der Waals surface area contributed by atoms with Crippen LogP contribution in [0.2, 0.25) is 0 Å². The quantitative estimate of drug-likeness (QED) is 0.421. The lowest BCUT2D eigenvalue weighted by Gasteiger charge is -2.31. The fourth-order valence-electron chi connectivity index (χ4n) is 3.63. The first kappa shape index (κ1) is 21.0. The summed E-state index contributed by atoms with van der Waals surface area (Å²) in [4.78, 5) is 25.6. The predicted molar refractivity (Wildman–Crippen MR) is 105 cm³/mol. The number of hydrogen-bond acceptors (Lipinski definition) is 5. The highest BCUT2D eigenvalue weighted by atomic mass is 16.7. The number of carbonyl (C=O) groups is 2. The van der Waals surface area contributed by atoms with Crippen LogP contribution in [0, 0.1) is 0 Å². The van der Waals surface area contributed by atoms with E-state index >= 15 is 0 Å². The molecule has 156 valence electrons. The number of fused-ring (bicyclic) bond motifs is 1. The van der Waals surface area contributed by atoms with Crippen molar-refractivity contribution in [1.82, 2.24) is 10.6 Å². The molecular weight excluding hydrogens is 374 g/mol. The Morgan fingerprint density at radius 2 is 1.72 bits per heavy atom. The van der Waals surface area contributed by atoms with Gasteiger partial charge in [-0.25, -0.2) is 0 Å². The second-order valence-corrected chi connectivity index (χ2v) is 6.99. The van der Waals surface area contributed by atoms with Crippen molar-refractivity contribution < 1.29 is 28.4 Å². The van der Waals surface area contributed by atoms with E-state index in [9.17, 15) is 9.59 Å². The molecule has 3 rings (SSSR count). The predicted octanol–water partition coefficient (Wildman–Crippen LogP) is -0.187. The van der Waals surface area contributed by atoms with E-state index < -0.39 is 18.1 Å². The van der Waals surface area contributed by atoms with Crippen molar-refractivity contribution in [3.8, 4) is 0 Å². The summed E-state index contributed by atoms with van der Waals surface area (Å²) in [6.07, 6.45) is 2.00. The Bertz CT molecular complexity index is 804. The summed E-state index contributed by atoms with van der Waals surface area (Å²) >= 11 is 0. The lowest BCUT2D eigenvalue weighted by atomic mass is 9.98. The molecule has 3 N–H and O–H groups in total. The molecule has 1 unspecified atom stereocenters. The molecule has 1 aliphatic rings. The van der Waals surface area contributed by atoms with Crippen LogP contribution in [0.15, 0.2) is 47.1 Å². The summed E-state index contributed by atoms with van der Waals surface area (Å²) in [7, 11) is 2.93. The molecule has 0 saturated heterocycles. The SMILES string of the molecule is COC(CNC(=O)C(=O)NC[C@H](c1ccco1)[NH+]1CCc2ccccc2C1)OC. The first-order chi connectivity index (χ1) is 14.1. The van der Waals surface area contributed by atoms with Gasteiger partial charge in [-0.2, -0.15) is 0 Å². The van der Waals surface area contributed by atoms with Crippen LogP contribution < -0.4 is 15.5 Å². The van der Waals surface area contributed by atoms with Crippen LogP contribution in [-0.4, -0.2) is 52.0 Å². The van der Waals surface area contributed by atoms with Crippen LogP contribution in [-0.2, 0) is 32.0 Å². The Hall–Kier alpha value is -2.68. The van der Waals surface area contributed by atoms with E-state index in [0.717, 1.165) is 25.3 Å². The molecule has 2 atom stereocenters. The second-order valence-electron chi connectivity index (χ2n) is 6.99. The summed E-state index contributed by atoms with van der Waals surface area (Å²) in [5.41, 5.74) is 2.67. The zero-order valence-electron chi connectivity index (χ0n) is 16.8. The Balaban J connectivity index is 1.61. The minimum atomic E-state index is -0.721. The normalized spacial score (nSPS) is 16.9. The smallest absolute Gasteiger partial charge is 0.309 e. The van der Waals surface area contributed by atoms with Gasteiger partial charge in [-0.3, -0.25) is 9.59 Å². The zero-order valence-corrected chi connectivity index (χ0v) is 16.8. The monoisotopic (exact) mass is 402 g/mol. The molecule has 0 saturated carbocycles. The second kappa shape index (κ2) is 10.2. The third-order valence-corrected chi connectivity index (χ3v) is 5.26. The molecular formula is C21H28N3O5+. The van der Waals surface area contributed by atoms with Gasteiger partial charge in [-0.05, 0) is 17.7 Å². The number of nitrogens with one attached hydrogen (secondary N) is 3.